The van der Waals surface area contributed by atoms with Gasteiger partial charge in [-0.3, -0.25) is 4.79 Å². The number of carbonyl (C=O) groups is 1. The second kappa shape index (κ2) is 20.9. The Kier molecular flexibility index (Phi) is 18.1. The Hall–Kier alpha value is -1.95. The Morgan fingerprint density at radius 3 is 2.47 bits per heavy atom. The number of hydrogen-bond donors (Lipinski definition) is 4. The smallest absolute Gasteiger partial charge is 0.303 e. The van der Waals surface area contributed by atoms with Crippen molar-refractivity contribution >= 4 is 5.97 Å². The van der Waals surface area contributed by atoms with Gasteiger partial charge in [0.05, 0.1) is 18.8 Å². The van der Waals surface area contributed by atoms with E-state index < -0.39 is 18.2 Å². The first kappa shape index (κ1) is 37.2. The molecule has 0 aliphatic heterocycles. The molecule has 0 saturated heterocycles. The molecule has 0 bridgehead atoms. The van der Waals surface area contributed by atoms with Crippen molar-refractivity contribution in [2.24, 2.45) is 17.8 Å². The second-order valence-electron chi connectivity index (χ2n) is 13.5. The molecule has 0 radical (unpaired) electrons. The van der Waals surface area contributed by atoms with Crippen molar-refractivity contribution in [3.8, 4) is 0 Å². The van der Waals surface area contributed by atoms with Crippen LogP contribution in [0.15, 0.2) is 41.5 Å². The summed E-state index contributed by atoms with van der Waals surface area (Å²) in [6.45, 7) is 8.61. The highest BCUT2D eigenvalue weighted by atomic mass is 16.4. The molecule has 4 N–H and O–H groups in total. The van der Waals surface area contributed by atoms with Gasteiger partial charge in [0.25, 0.3) is 0 Å². The summed E-state index contributed by atoms with van der Waals surface area (Å²) in [5.41, 5.74) is 6.69. The molecule has 5 nitrogen and oxygen atoms in total. The first-order valence-electron chi connectivity index (χ1n) is 17.3. The zero-order valence-corrected chi connectivity index (χ0v) is 27.7. The van der Waals surface area contributed by atoms with E-state index in [1.807, 2.05) is 6.08 Å². The summed E-state index contributed by atoms with van der Waals surface area (Å²) >= 11 is 0. The quantitative estimate of drug-likeness (QED) is 0.120. The van der Waals surface area contributed by atoms with Crippen LogP contribution in [0.2, 0.25) is 0 Å². The fraction of sp³-hybridized carbons (Fsp3) is 0.711. The molecule has 0 aromatic heterocycles. The van der Waals surface area contributed by atoms with Crippen LogP contribution in [0, 0.1) is 17.8 Å². The summed E-state index contributed by atoms with van der Waals surface area (Å²) in [6.07, 6.45) is 18.1. The van der Waals surface area contributed by atoms with Gasteiger partial charge in [0, 0.05) is 6.42 Å². The minimum atomic E-state index is -0.801. The van der Waals surface area contributed by atoms with Gasteiger partial charge in [0.1, 0.15) is 0 Å². The lowest BCUT2D eigenvalue weighted by Gasteiger charge is -2.27. The fourth-order valence-corrected chi connectivity index (χ4v) is 6.69. The van der Waals surface area contributed by atoms with Crippen LogP contribution in [0.1, 0.15) is 134 Å². The number of carboxylic acid groups (broad SMARTS) is 1. The molecule has 0 fully saturated rings. The fourth-order valence-electron chi connectivity index (χ4n) is 6.69. The lowest BCUT2D eigenvalue weighted by molar-refractivity contribution is -0.137. The van der Waals surface area contributed by atoms with Crippen LogP contribution < -0.4 is 0 Å². The molecule has 2 rings (SSSR count). The maximum atomic E-state index is 11.4. The molecule has 1 aliphatic carbocycles. The van der Waals surface area contributed by atoms with Gasteiger partial charge in [0.2, 0.25) is 0 Å². The molecule has 43 heavy (non-hydrogen) atoms. The van der Waals surface area contributed by atoms with Crippen LogP contribution in [0.5, 0.6) is 0 Å². The van der Waals surface area contributed by atoms with Crippen LogP contribution in [0.25, 0.3) is 0 Å². The molecule has 0 unspecified atom stereocenters. The highest BCUT2D eigenvalue weighted by molar-refractivity contribution is 5.66. The Morgan fingerprint density at radius 2 is 1.79 bits per heavy atom. The van der Waals surface area contributed by atoms with Gasteiger partial charge in [-0.05, 0) is 104 Å². The van der Waals surface area contributed by atoms with Crippen molar-refractivity contribution in [1.82, 2.24) is 0 Å². The van der Waals surface area contributed by atoms with Gasteiger partial charge in [-0.15, -0.1) is 0 Å². The number of aliphatic carboxylic acids is 1. The number of aryl methyl sites for hydroxylation is 2. The first-order chi connectivity index (χ1) is 20.7. The monoisotopic (exact) mass is 598 g/mol. The molecular weight excluding hydrogens is 536 g/mol. The van der Waals surface area contributed by atoms with Crippen molar-refractivity contribution < 1.29 is 25.2 Å². The number of hydrogen-bond acceptors (Lipinski definition) is 4. The maximum Gasteiger partial charge on any atom is 0.303 e. The largest absolute Gasteiger partial charge is 0.481 e. The Morgan fingerprint density at radius 1 is 1.00 bits per heavy atom. The van der Waals surface area contributed by atoms with Crippen molar-refractivity contribution in [1.29, 1.82) is 0 Å². The predicted molar refractivity (Wildman–Crippen MR) is 178 cm³/mol. The van der Waals surface area contributed by atoms with Crippen LogP contribution in [0.4, 0.5) is 0 Å². The highest BCUT2D eigenvalue weighted by Gasteiger charge is 2.22. The number of carboxylic acids is 1. The van der Waals surface area contributed by atoms with Crippen LogP contribution in [-0.4, -0.2) is 45.2 Å². The van der Waals surface area contributed by atoms with E-state index in [0.717, 1.165) is 96.3 Å². The highest BCUT2D eigenvalue weighted by Crippen LogP contribution is 2.35. The van der Waals surface area contributed by atoms with E-state index in [1.54, 1.807) is 0 Å². The van der Waals surface area contributed by atoms with Crippen LogP contribution >= 0.6 is 0 Å². The molecule has 1 aromatic rings. The number of aliphatic hydroxyl groups excluding tert-OH is 3. The average Bonchev–Trinajstić information content (AvgIpc) is 2.98. The lowest BCUT2D eigenvalue weighted by atomic mass is 9.79. The van der Waals surface area contributed by atoms with E-state index >= 15 is 0 Å². The van der Waals surface area contributed by atoms with Gasteiger partial charge < -0.3 is 20.4 Å². The molecule has 0 heterocycles. The molecule has 0 saturated carbocycles. The predicted octanol–water partition coefficient (Wildman–Crippen LogP) is 8.37. The van der Waals surface area contributed by atoms with Crippen molar-refractivity contribution in [3.63, 3.8) is 0 Å². The van der Waals surface area contributed by atoms with E-state index in [-0.39, 0.29) is 13.0 Å². The number of unbranched alkanes of at least 4 members (excludes halogenated alkanes) is 2. The van der Waals surface area contributed by atoms with Crippen LogP contribution in [-0.2, 0) is 24.1 Å². The van der Waals surface area contributed by atoms with E-state index in [0.29, 0.717) is 24.2 Å². The van der Waals surface area contributed by atoms with Gasteiger partial charge >= 0.3 is 5.97 Å². The third kappa shape index (κ3) is 14.6. The summed E-state index contributed by atoms with van der Waals surface area (Å²) in [4.78, 5) is 11.4. The third-order valence-electron chi connectivity index (χ3n) is 9.42. The number of aliphatic hydroxyl groups is 3. The maximum absolute atomic E-state index is 11.4. The molecule has 1 aliphatic rings. The molecule has 4 atom stereocenters. The average molecular weight is 599 g/mol. The Bertz CT molecular complexity index is 994. The van der Waals surface area contributed by atoms with E-state index in [1.165, 1.54) is 27.8 Å². The van der Waals surface area contributed by atoms with E-state index in [4.69, 9.17) is 0 Å². The number of allylic oxidation sites excluding steroid dienone is 2. The number of fused-ring (bicyclic) bond motifs is 1. The zero-order valence-electron chi connectivity index (χ0n) is 27.7. The summed E-state index contributed by atoms with van der Waals surface area (Å²) in [5, 5.41) is 40.5. The Labute approximate surface area is 262 Å². The van der Waals surface area contributed by atoms with Gasteiger partial charge in [0.15, 0.2) is 0 Å². The van der Waals surface area contributed by atoms with Crippen molar-refractivity contribution in [2.45, 2.75) is 149 Å². The Balaban J connectivity index is 2.43. The van der Waals surface area contributed by atoms with E-state index in [9.17, 15) is 25.2 Å². The minimum Gasteiger partial charge on any atom is -0.481 e. The summed E-state index contributed by atoms with van der Waals surface area (Å²) in [5.74, 6) is 0.695. The second-order valence-corrected chi connectivity index (χ2v) is 13.5. The standard InChI is InChI=1S/C38H62O5/c1-5-7-8-12-35(40)22-21-32-19-20-33-11-9-10-31(6-2)37(33)23-17-30(25-34(32)26-36(41)27-39)16-15-29(14-13-28(3)4)18-24-38(42)43/h9-11,21-22,28-30,35-36,39-41H,5-8,12-20,23-27H2,1-4H3,(H,42,43)/t29-,30+,35-,36-/m0/s1. The SMILES string of the molecule is CCCCC[C@H](O)C=CC1=C(C[C@H](O)CO)C[C@H](CC[C@@H](CCC(=O)O)CCC(C)C)CCc2c(CC)cccc2CC1. The summed E-state index contributed by atoms with van der Waals surface area (Å²) in [6, 6.07) is 6.71. The molecule has 5 heteroatoms. The molecule has 0 spiro atoms. The van der Waals surface area contributed by atoms with Crippen molar-refractivity contribution in [3.05, 3.63) is 58.2 Å². The third-order valence-corrected chi connectivity index (χ3v) is 9.42. The topological polar surface area (TPSA) is 98.0 Å². The minimum absolute atomic E-state index is 0.226. The van der Waals surface area contributed by atoms with Gasteiger partial charge in [-0.25, -0.2) is 0 Å². The summed E-state index contributed by atoms with van der Waals surface area (Å²) < 4.78 is 0. The van der Waals surface area contributed by atoms with Crippen LogP contribution in [0.3, 0.4) is 0 Å². The molecular formula is C38H62O5. The molecule has 1 aromatic carbocycles. The van der Waals surface area contributed by atoms with E-state index in [2.05, 4.69) is 52.0 Å². The normalized spacial score (nSPS) is 18.6. The molecule has 244 valence electrons. The van der Waals surface area contributed by atoms with Gasteiger partial charge in [-0.2, -0.15) is 0 Å². The summed E-state index contributed by atoms with van der Waals surface area (Å²) in [7, 11) is 0. The van der Waals surface area contributed by atoms with Gasteiger partial charge in [-0.1, -0.05) is 102 Å². The first-order valence-corrected chi connectivity index (χ1v) is 17.3. The van der Waals surface area contributed by atoms with Crippen molar-refractivity contribution in [2.75, 3.05) is 6.61 Å². The number of benzene rings is 1. The number of rotatable bonds is 19. The molecule has 0 amide bonds. The zero-order chi connectivity index (χ0) is 31.6. The lowest BCUT2D eigenvalue weighted by Crippen LogP contribution is -2.17.